The maximum Gasteiger partial charge on any atom is 0.282 e. The number of nitro groups is 1. The van der Waals surface area contributed by atoms with Gasteiger partial charge in [0.05, 0.1) is 8.49 Å². The minimum atomic E-state index is -0.341. The summed E-state index contributed by atoms with van der Waals surface area (Å²) in [6.07, 6.45) is 2.20. The van der Waals surface area contributed by atoms with Gasteiger partial charge in [-0.2, -0.15) is 0 Å². The molecule has 1 saturated heterocycles. The van der Waals surface area contributed by atoms with Crippen molar-refractivity contribution >= 4 is 34.0 Å². The number of anilines is 1. The normalized spacial score (nSPS) is 16.9. The lowest BCUT2D eigenvalue weighted by atomic mass is 9.97. The maximum absolute atomic E-state index is 10.8. The molecule has 1 aliphatic heterocycles. The number of piperidine rings is 1. The fourth-order valence-electron chi connectivity index (χ4n) is 2.27. The van der Waals surface area contributed by atoms with Gasteiger partial charge in [-0.25, -0.2) is 0 Å². The summed E-state index contributed by atoms with van der Waals surface area (Å²) in [7, 11) is 0. The smallest absolute Gasteiger partial charge is 0.282 e. The van der Waals surface area contributed by atoms with E-state index in [1.165, 1.54) is 0 Å². The van der Waals surface area contributed by atoms with E-state index in [0.717, 1.165) is 38.2 Å². The van der Waals surface area contributed by atoms with E-state index in [9.17, 15) is 10.1 Å². The van der Waals surface area contributed by atoms with Crippen LogP contribution in [0.25, 0.3) is 0 Å². The molecule has 0 bridgehead atoms. The Labute approximate surface area is 120 Å². The van der Waals surface area contributed by atoms with Crippen molar-refractivity contribution in [2.45, 2.75) is 12.8 Å². The predicted octanol–water partition coefficient (Wildman–Crippen LogP) is 2.37. The molecule has 2 N–H and O–H groups in total. The summed E-state index contributed by atoms with van der Waals surface area (Å²) in [4.78, 5) is 12.7. The third kappa shape index (κ3) is 2.92. The molecule has 0 amide bonds. The molecule has 0 spiro atoms. The first-order valence-electron chi connectivity index (χ1n) is 6.00. The second-order valence-electron chi connectivity index (χ2n) is 4.56. The first-order chi connectivity index (χ1) is 8.61. The average molecular weight is 361 g/mol. The van der Waals surface area contributed by atoms with Crippen LogP contribution in [0.4, 0.5) is 11.4 Å². The van der Waals surface area contributed by atoms with Gasteiger partial charge in [-0.3, -0.25) is 10.1 Å². The van der Waals surface area contributed by atoms with Crippen LogP contribution in [0.1, 0.15) is 12.8 Å². The van der Waals surface area contributed by atoms with Crippen LogP contribution in [0.5, 0.6) is 0 Å². The molecule has 5 nitrogen and oxygen atoms in total. The van der Waals surface area contributed by atoms with E-state index < -0.39 is 0 Å². The summed E-state index contributed by atoms with van der Waals surface area (Å²) in [6, 6.07) is 5.32. The number of benzene rings is 1. The second kappa shape index (κ2) is 5.83. The second-order valence-corrected chi connectivity index (χ2v) is 5.72. The monoisotopic (exact) mass is 361 g/mol. The first-order valence-corrected chi connectivity index (χ1v) is 7.08. The van der Waals surface area contributed by atoms with Crippen molar-refractivity contribution in [1.82, 2.24) is 0 Å². The summed E-state index contributed by atoms with van der Waals surface area (Å²) in [5, 5.41) is 10.8. The van der Waals surface area contributed by atoms with Crippen molar-refractivity contribution in [3.63, 3.8) is 0 Å². The highest BCUT2D eigenvalue weighted by Crippen LogP contribution is 2.28. The van der Waals surface area contributed by atoms with Gasteiger partial charge in [-0.1, -0.05) is 0 Å². The molecule has 0 aromatic heterocycles. The van der Waals surface area contributed by atoms with Gasteiger partial charge in [0.25, 0.3) is 5.69 Å². The van der Waals surface area contributed by atoms with Gasteiger partial charge in [0.2, 0.25) is 0 Å². The van der Waals surface area contributed by atoms with Crippen LogP contribution in [0.15, 0.2) is 18.2 Å². The fourth-order valence-corrected chi connectivity index (χ4v) is 2.96. The van der Waals surface area contributed by atoms with Gasteiger partial charge < -0.3 is 10.6 Å². The van der Waals surface area contributed by atoms with Gasteiger partial charge in [-0.05, 0) is 60.0 Å². The van der Waals surface area contributed by atoms with E-state index in [-0.39, 0.29) is 10.6 Å². The first kappa shape index (κ1) is 13.5. The molecular formula is C12H16IN3O2. The number of nitro benzene ring substituents is 1. The lowest BCUT2D eigenvalue weighted by Crippen LogP contribution is -2.36. The minimum Gasteiger partial charge on any atom is -0.371 e. The fraction of sp³-hybridized carbons (Fsp3) is 0.500. The Bertz CT molecular complexity index is 445. The lowest BCUT2D eigenvalue weighted by molar-refractivity contribution is -0.385. The van der Waals surface area contributed by atoms with Gasteiger partial charge in [0.15, 0.2) is 0 Å². The van der Waals surface area contributed by atoms with Crippen LogP contribution < -0.4 is 10.6 Å². The van der Waals surface area contributed by atoms with Crippen molar-refractivity contribution < 1.29 is 4.92 Å². The number of halogens is 1. The van der Waals surface area contributed by atoms with Gasteiger partial charge in [0.1, 0.15) is 0 Å². The standard InChI is InChI=1S/C12H16IN3O2/c13-11-7-10(1-2-12(11)16(17)18)15-5-3-9(8-14)4-6-15/h1-2,7,9H,3-6,8,14H2. The summed E-state index contributed by atoms with van der Waals surface area (Å²) in [5.74, 6) is 0.623. The Balaban J connectivity index is 2.11. The zero-order valence-electron chi connectivity index (χ0n) is 10.0. The van der Waals surface area contributed by atoms with E-state index in [0.29, 0.717) is 9.49 Å². The lowest BCUT2D eigenvalue weighted by Gasteiger charge is -2.33. The number of nitrogens with two attached hydrogens (primary N) is 1. The van der Waals surface area contributed by atoms with Crippen LogP contribution in [-0.2, 0) is 0 Å². The van der Waals surface area contributed by atoms with Gasteiger partial charge >= 0.3 is 0 Å². The molecule has 0 aliphatic carbocycles. The van der Waals surface area contributed by atoms with Crippen molar-refractivity contribution in [3.8, 4) is 0 Å². The number of hydrogen-bond acceptors (Lipinski definition) is 4. The van der Waals surface area contributed by atoms with Crippen molar-refractivity contribution in [1.29, 1.82) is 0 Å². The SMILES string of the molecule is NCC1CCN(c2ccc([N+](=O)[O-])c(I)c2)CC1. The number of nitrogens with zero attached hydrogens (tertiary/aromatic N) is 2. The molecule has 2 rings (SSSR count). The quantitative estimate of drug-likeness (QED) is 0.510. The van der Waals surface area contributed by atoms with Crippen molar-refractivity contribution in [2.24, 2.45) is 11.7 Å². The Morgan fingerprint density at radius 1 is 1.44 bits per heavy atom. The Hall–Kier alpha value is -0.890. The molecule has 6 heteroatoms. The van der Waals surface area contributed by atoms with Gasteiger partial charge in [-0.15, -0.1) is 0 Å². The van der Waals surface area contributed by atoms with E-state index in [4.69, 9.17) is 5.73 Å². The highest BCUT2D eigenvalue weighted by molar-refractivity contribution is 14.1. The van der Waals surface area contributed by atoms with Crippen LogP contribution in [-0.4, -0.2) is 24.6 Å². The zero-order chi connectivity index (χ0) is 13.1. The molecule has 1 aromatic rings. The molecule has 0 radical (unpaired) electrons. The summed E-state index contributed by atoms with van der Waals surface area (Å²) < 4.78 is 0.691. The van der Waals surface area contributed by atoms with Gasteiger partial charge in [0, 0.05) is 24.8 Å². The van der Waals surface area contributed by atoms with Crippen molar-refractivity contribution in [3.05, 3.63) is 31.9 Å². The largest absolute Gasteiger partial charge is 0.371 e. The molecule has 0 atom stereocenters. The molecule has 1 aromatic carbocycles. The third-order valence-corrected chi connectivity index (χ3v) is 4.31. The summed E-state index contributed by atoms with van der Waals surface area (Å²) in [6.45, 7) is 2.72. The van der Waals surface area contributed by atoms with Crippen LogP contribution in [0, 0.1) is 19.6 Å². The minimum absolute atomic E-state index is 0.177. The third-order valence-electron chi connectivity index (χ3n) is 3.44. The Kier molecular flexibility index (Phi) is 4.39. The highest BCUT2D eigenvalue weighted by atomic mass is 127. The van der Waals surface area contributed by atoms with E-state index >= 15 is 0 Å². The molecule has 1 fully saturated rings. The van der Waals surface area contributed by atoms with Crippen LogP contribution >= 0.6 is 22.6 Å². The Morgan fingerprint density at radius 2 is 2.11 bits per heavy atom. The molecule has 0 unspecified atom stereocenters. The Morgan fingerprint density at radius 3 is 2.61 bits per heavy atom. The molecule has 1 heterocycles. The summed E-state index contributed by atoms with van der Waals surface area (Å²) in [5.41, 5.74) is 6.92. The molecule has 98 valence electrons. The van der Waals surface area contributed by atoms with E-state index in [2.05, 4.69) is 4.90 Å². The van der Waals surface area contributed by atoms with Crippen molar-refractivity contribution in [2.75, 3.05) is 24.5 Å². The molecule has 0 saturated carbocycles. The molecular weight excluding hydrogens is 345 g/mol. The number of rotatable bonds is 3. The maximum atomic E-state index is 10.8. The topological polar surface area (TPSA) is 72.4 Å². The zero-order valence-corrected chi connectivity index (χ0v) is 12.2. The van der Waals surface area contributed by atoms with Crippen LogP contribution in [0.3, 0.4) is 0 Å². The van der Waals surface area contributed by atoms with E-state index in [1.807, 2.05) is 34.7 Å². The predicted molar refractivity (Wildman–Crippen MR) is 79.8 cm³/mol. The number of hydrogen-bond donors (Lipinski definition) is 1. The average Bonchev–Trinajstić information content (AvgIpc) is 2.38. The van der Waals surface area contributed by atoms with E-state index in [1.54, 1.807) is 6.07 Å². The van der Waals surface area contributed by atoms with Crippen LogP contribution in [0.2, 0.25) is 0 Å². The highest BCUT2D eigenvalue weighted by Gasteiger charge is 2.20. The summed E-state index contributed by atoms with van der Waals surface area (Å²) >= 11 is 2.02. The molecule has 1 aliphatic rings. The molecule has 18 heavy (non-hydrogen) atoms.